The summed E-state index contributed by atoms with van der Waals surface area (Å²) in [7, 11) is 1.58. The Morgan fingerprint density at radius 3 is 2.73 bits per heavy atom. The van der Waals surface area contributed by atoms with Crippen LogP contribution in [-0.2, 0) is 9.47 Å². The zero-order valence-corrected chi connectivity index (χ0v) is 6.78. The second-order valence-corrected chi connectivity index (χ2v) is 2.03. The molecule has 0 fully saturated rings. The van der Waals surface area contributed by atoms with Crippen LogP contribution in [-0.4, -0.2) is 37.5 Å². The molecule has 0 radical (unpaired) electrons. The Kier molecular flexibility index (Phi) is 5.50. The Labute approximate surface area is 65.8 Å². The van der Waals surface area contributed by atoms with Gasteiger partial charge >= 0.3 is 0 Å². The van der Waals surface area contributed by atoms with Gasteiger partial charge in [-0.05, 0) is 6.92 Å². The average molecular weight is 162 g/mol. The highest BCUT2D eigenvalue weighted by atomic mass is 16.5. The van der Waals surface area contributed by atoms with E-state index in [1.165, 1.54) is 0 Å². The summed E-state index contributed by atoms with van der Waals surface area (Å²) in [6, 6.07) is 0. The van der Waals surface area contributed by atoms with Gasteiger partial charge in [-0.15, -0.1) is 0 Å². The zero-order chi connectivity index (χ0) is 8.69. The smallest absolute Gasteiger partial charge is 0.168 e. The minimum absolute atomic E-state index is 0.0705. The molecule has 3 N–H and O–H groups in total. The molecule has 1 atom stereocenters. The molecule has 0 bridgehead atoms. The number of methoxy groups -OCH3 is 1. The number of nitrogens with zero attached hydrogens (tertiary/aromatic N) is 1. The predicted octanol–water partition coefficient (Wildman–Crippen LogP) is -0.216. The molecule has 0 aromatic heterocycles. The molecule has 0 spiro atoms. The van der Waals surface area contributed by atoms with E-state index >= 15 is 0 Å². The molecule has 0 aliphatic heterocycles. The summed E-state index contributed by atoms with van der Waals surface area (Å²) in [5.74, 6) is 0.0705. The number of rotatable bonds is 5. The largest absolute Gasteiger partial charge is 0.409 e. The number of ether oxygens (including phenoxy) is 2. The summed E-state index contributed by atoms with van der Waals surface area (Å²) >= 11 is 0. The van der Waals surface area contributed by atoms with E-state index in [0.717, 1.165) is 0 Å². The van der Waals surface area contributed by atoms with Crippen LogP contribution in [0.15, 0.2) is 5.16 Å². The summed E-state index contributed by atoms with van der Waals surface area (Å²) < 4.78 is 9.83. The molecule has 0 heterocycles. The van der Waals surface area contributed by atoms with Crippen molar-refractivity contribution in [3.8, 4) is 0 Å². The van der Waals surface area contributed by atoms with Crippen molar-refractivity contribution in [2.75, 3.05) is 20.3 Å². The third kappa shape index (κ3) is 4.58. The number of hydrogen-bond acceptors (Lipinski definition) is 4. The lowest BCUT2D eigenvalue weighted by molar-refractivity contribution is 0.0535. The third-order valence-electron chi connectivity index (χ3n) is 1.19. The van der Waals surface area contributed by atoms with E-state index in [1.54, 1.807) is 14.0 Å². The van der Waals surface area contributed by atoms with Gasteiger partial charge in [0.2, 0.25) is 0 Å². The van der Waals surface area contributed by atoms with Gasteiger partial charge in [0.25, 0.3) is 0 Å². The van der Waals surface area contributed by atoms with Crippen molar-refractivity contribution in [2.24, 2.45) is 10.9 Å². The quantitative estimate of drug-likeness (QED) is 0.193. The van der Waals surface area contributed by atoms with Crippen LogP contribution >= 0.6 is 0 Å². The van der Waals surface area contributed by atoms with Crippen LogP contribution in [0, 0.1) is 0 Å². The van der Waals surface area contributed by atoms with Gasteiger partial charge in [-0.25, -0.2) is 0 Å². The molecule has 11 heavy (non-hydrogen) atoms. The molecular weight excluding hydrogens is 148 g/mol. The molecule has 5 nitrogen and oxygen atoms in total. The molecule has 0 saturated carbocycles. The number of nitrogens with two attached hydrogens (primary N) is 1. The first-order valence-corrected chi connectivity index (χ1v) is 3.30. The SMILES string of the molecule is COCCOC(C)C(N)=NO. The molecule has 66 valence electrons. The Morgan fingerprint density at radius 2 is 2.27 bits per heavy atom. The minimum atomic E-state index is -0.366. The standard InChI is InChI=1S/C6H14N2O3/c1-5(6(7)8-9)11-4-3-10-2/h5,9H,3-4H2,1-2H3,(H2,7,8). The molecule has 0 amide bonds. The summed E-state index contributed by atoms with van der Waals surface area (Å²) in [6.07, 6.45) is -0.366. The van der Waals surface area contributed by atoms with Crippen molar-refractivity contribution < 1.29 is 14.7 Å². The van der Waals surface area contributed by atoms with Gasteiger partial charge in [-0.2, -0.15) is 0 Å². The van der Waals surface area contributed by atoms with Crippen LogP contribution in [0.3, 0.4) is 0 Å². The lowest BCUT2D eigenvalue weighted by atomic mass is 10.4. The first kappa shape index (κ1) is 10.2. The average Bonchev–Trinajstić information content (AvgIpc) is 2.03. The topological polar surface area (TPSA) is 77.1 Å². The van der Waals surface area contributed by atoms with Crippen LogP contribution in [0.25, 0.3) is 0 Å². The van der Waals surface area contributed by atoms with E-state index in [4.69, 9.17) is 20.4 Å². The van der Waals surface area contributed by atoms with E-state index in [0.29, 0.717) is 13.2 Å². The Morgan fingerprint density at radius 1 is 1.64 bits per heavy atom. The highest BCUT2D eigenvalue weighted by Gasteiger charge is 2.06. The highest BCUT2D eigenvalue weighted by molar-refractivity contribution is 5.83. The van der Waals surface area contributed by atoms with Crippen LogP contribution in [0.5, 0.6) is 0 Å². The Balaban J connectivity index is 3.44. The van der Waals surface area contributed by atoms with E-state index in [9.17, 15) is 0 Å². The monoisotopic (exact) mass is 162 g/mol. The first-order chi connectivity index (χ1) is 5.22. The summed E-state index contributed by atoms with van der Waals surface area (Å²) in [5, 5.41) is 11.0. The molecule has 1 unspecified atom stereocenters. The fourth-order valence-corrected chi connectivity index (χ4v) is 0.475. The van der Waals surface area contributed by atoms with Crippen molar-refractivity contribution in [3.63, 3.8) is 0 Å². The zero-order valence-electron chi connectivity index (χ0n) is 6.78. The van der Waals surface area contributed by atoms with Gasteiger partial charge in [-0.1, -0.05) is 5.16 Å². The van der Waals surface area contributed by atoms with Crippen molar-refractivity contribution >= 4 is 5.84 Å². The van der Waals surface area contributed by atoms with E-state index < -0.39 is 0 Å². The number of oxime groups is 1. The van der Waals surface area contributed by atoms with Crippen LogP contribution in [0.2, 0.25) is 0 Å². The van der Waals surface area contributed by atoms with Gasteiger partial charge < -0.3 is 20.4 Å². The summed E-state index contributed by atoms with van der Waals surface area (Å²) in [6.45, 7) is 2.64. The van der Waals surface area contributed by atoms with Crippen LogP contribution < -0.4 is 5.73 Å². The van der Waals surface area contributed by atoms with E-state index in [-0.39, 0.29) is 11.9 Å². The number of amidine groups is 1. The van der Waals surface area contributed by atoms with Gasteiger partial charge in [0.1, 0.15) is 6.10 Å². The second kappa shape index (κ2) is 5.94. The lowest BCUT2D eigenvalue weighted by Gasteiger charge is -2.09. The molecule has 0 aliphatic carbocycles. The molecular formula is C6H14N2O3. The second-order valence-electron chi connectivity index (χ2n) is 2.03. The Hall–Kier alpha value is -0.810. The summed E-state index contributed by atoms with van der Waals surface area (Å²) in [4.78, 5) is 0. The maximum Gasteiger partial charge on any atom is 0.168 e. The van der Waals surface area contributed by atoms with Gasteiger partial charge in [0, 0.05) is 7.11 Å². The first-order valence-electron chi connectivity index (χ1n) is 3.30. The molecule has 0 aliphatic rings. The highest BCUT2D eigenvalue weighted by Crippen LogP contribution is 1.89. The van der Waals surface area contributed by atoms with Crippen LogP contribution in [0.4, 0.5) is 0 Å². The van der Waals surface area contributed by atoms with Gasteiger partial charge in [-0.3, -0.25) is 0 Å². The molecule has 0 aromatic rings. The third-order valence-corrected chi connectivity index (χ3v) is 1.19. The van der Waals surface area contributed by atoms with Crippen molar-refractivity contribution in [2.45, 2.75) is 13.0 Å². The van der Waals surface area contributed by atoms with E-state index in [1.807, 2.05) is 0 Å². The van der Waals surface area contributed by atoms with Crippen LogP contribution in [0.1, 0.15) is 6.92 Å². The van der Waals surface area contributed by atoms with Gasteiger partial charge in [0.15, 0.2) is 5.84 Å². The fraction of sp³-hybridized carbons (Fsp3) is 0.833. The lowest BCUT2D eigenvalue weighted by Crippen LogP contribution is -2.29. The Bertz CT molecular complexity index is 127. The molecule has 0 rings (SSSR count). The molecule has 0 aromatic carbocycles. The maximum atomic E-state index is 8.21. The van der Waals surface area contributed by atoms with Crippen molar-refractivity contribution in [1.29, 1.82) is 0 Å². The normalized spacial score (nSPS) is 14.9. The molecule has 5 heteroatoms. The summed E-state index contributed by atoms with van der Waals surface area (Å²) in [5.41, 5.74) is 5.23. The van der Waals surface area contributed by atoms with Gasteiger partial charge in [0.05, 0.1) is 13.2 Å². The predicted molar refractivity (Wildman–Crippen MR) is 40.7 cm³/mol. The number of hydrogen-bond donors (Lipinski definition) is 2. The van der Waals surface area contributed by atoms with E-state index in [2.05, 4.69) is 5.16 Å². The molecule has 0 saturated heterocycles. The maximum absolute atomic E-state index is 8.21. The minimum Gasteiger partial charge on any atom is -0.409 e. The fourth-order valence-electron chi connectivity index (χ4n) is 0.475. The van der Waals surface area contributed by atoms with Crippen molar-refractivity contribution in [1.82, 2.24) is 0 Å². The van der Waals surface area contributed by atoms with Crippen molar-refractivity contribution in [3.05, 3.63) is 0 Å².